The van der Waals surface area contributed by atoms with Crippen molar-refractivity contribution in [2.45, 2.75) is 32.2 Å². The molecule has 0 saturated carbocycles. The van der Waals surface area contributed by atoms with E-state index in [9.17, 15) is 18.0 Å². The number of sulfonamides is 1. The molecule has 7 nitrogen and oxygen atoms in total. The van der Waals surface area contributed by atoms with Gasteiger partial charge in [0.05, 0.1) is 11.4 Å². The van der Waals surface area contributed by atoms with Crippen LogP contribution in [0.3, 0.4) is 0 Å². The highest BCUT2D eigenvalue weighted by Gasteiger charge is 2.33. The summed E-state index contributed by atoms with van der Waals surface area (Å²) in [5, 5.41) is 8.83. The molecule has 1 aromatic carbocycles. The molecule has 0 bridgehead atoms. The van der Waals surface area contributed by atoms with E-state index in [2.05, 4.69) is 0 Å². The number of carbonyl (C=O) groups is 2. The van der Waals surface area contributed by atoms with E-state index in [4.69, 9.17) is 5.21 Å². The average molecular weight is 390 g/mol. The highest BCUT2D eigenvalue weighted by molar-refractivity contribution is 7.93. The Morgan fingerprint density at radius 3 is 2.56 bits per heavy atom. The maximum absolute atomic E-state index is 13.2. The molecule has 1 atom stereocenters. The van der Waals surface area contributed by atoms with Crippen molar-refractivity contribution < 1.29 is 23.2 Å². The number of nitrogens with one attached hydrogen (secondary N) is 1. The molecular formula is C19H22N2O5S. The first-order valence-corrected chi connectivity index (χ1v) is 10.3. The summed E-state index contributed by atoms with van der Waals surface area (Å²) in [7, 11) is -3.93. The van der Waals surface area contributed by atoms with Gasteiger partial charge in [0.15, 0.2) is 5.78 Å². The molecule has 3 rings (SSSR count). The lowest BCUT2D eigenvalue weighted by molar-refractivity contribution is -0.129. The van der Waals surface area contributed by atoms with E-state index in [-0.39, 0.29) is 23.2 Å². The number of amides is 1. The minimum Gasteiger partial charge on any atom is -0.295 e. The Kier molecular flexibility index (Phi) is 5.88. The minimum atomic E-state index is -3.93. The number of hydrogen-bond acceptors (Lipinski definition) is 5. The number of fused-ring (bicyclic) bond motifs is 1. The molecule has 0 radical (unpaired) electrons. The molecular weight excluding hydrogens is 368 g/mol. The van der Waals surface area contributed by atoms with Crippen molar-refractivity contribution in [3.05, 3.63) is 58.5 Å². The van der Waals surface area contributed by atoms with E-state index in [0.717, 1.165) is 21.9 Å². The van der Waals surface area contributed by atoms with E-state index in [1.54, 1.807) is 30.3 Å². The van der Waals surface area contributed by atoms with Gasteiger partial charge in [0.25, 0.3) is 5.91 Å². The Morgan fingerprint density at radius 2 is 1.85 bits per heavy atom. The van der Waals surface area contributed by atoms with Gasteiger partial charge in [-0.05, 0) is 48.5 Å². The van der Waals surface area contributed by atoms with Gasteiger partial charge in [-0.25, -0.2) is 13.9 Å². The molecule has 27 heavy (non-hydrogen) atoms. The van der Waals surface area contributed by atoms with Gasteiger partial charge in [-0.2, -0.15) is 4.31 Å². The summed E-state index contributed by atoms with van der Waals surface area (Å²) in [6, 6.07) is 8.93. The number of carbonyl (C=O) groups excluding carboxylic acids is 2. The van der Waals surface area contributed by atoms with E-state index >= 15 is 0 Å². The van der Waals surface area contributed by atoms with Crippen molar-refractivity contribution in [3.63, 3.8) is 0 Å². The maximum Gasteiger partial charge on any atom is 0.258 e. The van der Waals surface area contributed by atoms with Gasteiger partial charge in [-0.1, -0.05) is 30.3 Å². The molecule has 1 aromatic rings. The summed E-state index contributed by atoms with van der Waals surface area (Å²) in [5.74, 6) is -0.585. The van der Waals surface area contributed by atoms with Crippen LogP contribution < -0.4 is 5.48 Å². The van der Waals surface area contributed by atoms with Crippen LogP contribution in [0.2, 0.25) is 0 Å². The molecule has 0 fully saturated rings. The Hall–Kier alpha value is -2.29. The van der Waals surface area contributed by atoms with Gasteiger partial charge >= 0.3 is 0 Å². The first-order valence-electron chi connectivity index (χ1n) is 8.82. The quantitative estimate of drug-likeness (QED) is 0.570. The number of ketones is 1. The number of hydrogen-bond donors (Lipinski definition) is 2. The van der Waals surface area contributed by atoms with Crippen LogP contribution in [0.5, 0.6) is 0 Å². The summed E-state index contributed by atoms with van der Waals surface area (Å²) in [4.78, 5) is 23.6. The van der Waals surface area contributed by atoms with Crippen molar-refractivity contribution in [3.8, 4) is 0 Å². The molecule has 1 amide bonds. The smallest absolute Gasteiger partial charge is 0.258 e. The molecule has 0 aliphatic heterocycles. The lowest BCUT2D eigenvalue weighted by Crippen LogP contribution is -2.40. The second kappa shape index (κ2) is 8.16. The van der Waals surface area contributed by atoms with Gasteiger partial charge in [0.1, 0.15) is 0 Å². The number of nitrogens with zero attached hydrogens (tertiary/aromatic N) is 1. The summed E-state index contributed by atoms with van der Waals surface area (Å²) >= 11 is 0. The molecule has 8 heteroatoms. The highest BCUT2D eigenvalue weighted by atomic mass is 32.2. The number of allylic oxidation sites excluding steroid dienone is 4. The molecule has 2 N–H and O–H groups in total. The molecule has 144 valence electrons. The van der Waals surface area contributed by atoms with Gasteiger partial charge in [-0.3, -0.25) is 14.8 Å². The summed E-state index contributed by atoms with van der Waals surface area (Å²) in [5.41, 5.74) is 2.97. The molecule has 0 aromatic heterocycles. The lowest BCUT2D eigenvalue weighted by Gasteiger charge is -2.29. The molecule has 0 saturated heterocycles. The summed E-state index contributed by atoms with van der Waals surface area (Å²) < 4.78 is 27.4. The first-order chi connectivity index (χ1) is 12.9. The van der Waals surface area contributed by atoms with Gasteiger partial charge < -0.3 is 0 Å². The Labute approximate surface area is 158 Å². The van der Waals surface area contributed by atoms with Crippen molar-refractivity contribution >= 4 is 21.7 Å². The van der Waals surface area contributed by atoms with Crippen molar-refractivity contribution in [1.82, 2.24) is 9.79 Å². The Balaban J connectivity index is 1.92. The second-order valence-corrected chi connectivity index (χ2v) is 8.78. The fourth-order valence-corrected chi connectivity index (χ4v) is 5.08. The van der Waals surface area contributed by atoms with Gasteiger partial charge in [0, 0.05) is 13.0 Å². The highest BCUT2D eigenvalue weighted by Crippen LogP contribution is 2.37. The zero-order valence-electron chi connectivity index (χ0n) is 14.8. The van der Waals surface area contributed by atoms with Crippen molar-refractivity contribution in [2.24, 2.45) is 5.92 Å². The van der Waals surface area contributed by atoms with Crippen LogP contribution in [0, 0.1) is 5.92 Å². The zero-order chi connectivity index (χ0) is 19.4. The first kappa shape index (κ1) is 19.5. The van der Waals surface area contributed by atoms with Gasteiger partial charge in [0.2, 0.25) is 10.0 Å². The number of rotatable bonds is 6. The third-order valence-electron chi connectivity index (χ3n) is 4.92. The van der Waals surface area contributed by atoms with Gasteiger partial charge in [-0.15, -0.1) is 0 Å². The van der Waals surface area contributed by atoms with E-state index in [0.29, 0.717) is 19.3 Å². The monoisotopic (exact) mass is 390 g/mol. The maximum atomic E-state index is 13.2. The van der Waals surface area contributed by atoms with E-state index < -0.39 is 22.5 Å². The largest absolute Gasteiger partial charge is 0.295 e. The molecule has 2 aliphatic carbocycles. The standard InChI is InChI=1S/C19H22N2O5S/c22-17-8-6-15-7-9-18(11-16(15)10-17)27(25,26)21(13-19(23)20-24)12-14-4-2-1-3-5-14/h1-5,10-11,15,24H,6-9,12-13H2,(H,20,23). The van der Waals surface area contributed by atoms with Crippen LogP contribution in [-0.4, -0.2) is 36.2 Å². The SMILES string of the molecule is O=C1C=C2C=C(S(=O)(=O)N(CC(=O)NO)Cc3ccccc3)CCC2CC1. The average Bonchev–Trinajstić information content (AvgIpc) is 2.67. The third kappa shape index (κ3) is 4.52. The Morgan fingerprint density at radius 1 is 1.15 bits per heavy atom. The molecule has 1 unspecified atom stereocenters. The second-order valence-electron chi connectivity index (χ2n) is 6.79. The van der Waals surface area contributed by atoms with Crippen molar-refractivity contribution in [2.75, 3.05) is 6.54 Å². The summed E-state index contributed by atoms with van der Waals surface area (Å²) in [6.07, 6.45) is 5.39. The summed E-state index contributed by atoms with van der Waals surface area (Å²) in [6.45, 7) is -0.484. The third-order valence-corrected chi connectivity index (χ3v) is 6.85. The van der Waals surface area contributed by atoms with E-state index in [1.165, 1.54) is 11.6 Å². The van der Waals surface area contributed by atoms with Crippen LogP contribution in [0.25, 0.3) is 0 Å². The molecule has 0 spiro atoms. The molecule has 2 aliphatic rings. The van der Waals surface area contributed by atoms with Crippen LogP contribution in [0.1, 0.15) is 31.2 Å². The fourth-order valence-electron chi connectivity index (χ4n) is 3.48. The topological polar surface area (TPSA) is 104 Å². The lowest BCUT2D eigenvalue weighted by atomic mass is 9.81. The number of hydroxylamine groups is 1. The Bertz CT molecular complexity index is 890. The minimum absolute atomic E-state index is 0.00927. The normalized spacial score (nSPS) is 19.9. The molecule has 0 heterocycles. The predicted molar refractivity (Wildman–Crippen MR) is 98.8 cm³/mol. The van der Waals surface area contributed by atoms with Crippen LogP contribution in [0.4, 0.5) is 0 Å². The van der Waals surface area contributed by atoms with Crippen LogP contribution in [-0.2, 0) is 26.2 Å². The van der Waals surface area contributed by atoms with Crippen LogP contribution >= 0.6 is 0 Å². The van der Waals surface area contributed by atoms with E-state index in [1.807, 2.05) is 6.07 Å². The van der Waals surface area contributed by atoms with Crippen LogP contribution in [0.15, 0.2) is 53.0 Å². The van der Waals surface area contributed by atoms with Crippen molar-refractivity contribution in [1.29, 1.82) is 0 Å². The zero-order valence-corrected chi connectivity index (χ0v) is 15.6. The number of benzene rings is 1. The fraction of sp³-hybridized carbons (Fsp3) is 0.368. The predicted octanol–water partition coefficient (Wildman–Crippen LogP) is 1.91.